The van der Waals surface area contributed by atoms with Crippen LogP contribution >= 0.6 is 11.6 Å². The Bertz CT molecular complexity index is 507. The first kappa shape index (κ1) is 13.6. The van der Waals surface area contributed by atoms with Crippen LogP contribution in [0.5, 0.6) is 0 Å². The van der Waals surface area contributed by atoms with Gasteiger partial charge in [0.15, 0.2) is 0 Å². The minimum absolute atomic E-state index is 0.0651. The van der Waals surface area contributed by atoms with Gasteiger partial charge >= 0.3 is 0 Å². The molecule has 1 unspecified atom stereocenters. The van der Waals surface area contributed by atoms with Crippen molar-refractivity contribution in [3.8, 4) is 0 Å². The summed E-state index contributed by atoms with van der Waals surface area (Å²) in [4.78, 5) is -0.0651. The van der Waals surface area contributed by atoms with Crippen LogP contribution in [0.2, 0.25) is 5.02 Å². The number of nitrogens with two attached hydrogens (primary N) is 1. The summed E-state index contributed by atoms with van der Waals surface area (Å²) < 4.78 is 32.0. The molecule has 1 heterocycles. The van der Waals surface area contributed by atoms with E-state index in [0.29, 0.717) is 6.61 Å². The standard InChI is InChI=1S/C11H15ClN2O3S/c12-9-4-1-5-10(13)11(9)18(15,16)14-7-8-3-2-6-17-8/h1,4-5,8,14H,2-3,6-7,13H2. The molecule has 1 aromatic carbocycles. The van der Waals surface area contributed by atoms with Gasteiger partial charge in [-0.1, -0.05) is 17.7 Å². The number of halogens is 1. The van der Waals surface area contributed by atoms with Gasteiger partial charge in [0.05, 0.1) is 16.8 Å². The van der Waals surface area contributed by atoms with E-state index in [2.05, 4.69) is 4.72 Å². The van der Waals surface area contributed by atoms with Crippen molar-refractivity contribution in [2.45, 2.75) is 23.8 Å². The van der Waals surface area contributed by atoms with Crippen LogP contribution in [0, 0.1) is 0 Å². The van der Waals surface area contributed by atoms with E-state index in [0.717, 1.165) is 12.8 Å². The fourth-order valence-corrected chi connectivity index (χ4v) is 3.63. The van der Waals surface area contributed by atoms with E-state index in [4.69, 9.17) is 22.1 Å². The van der Waals surface area contributed by atoms with Gasteiger partial charge in [-0.2, -0.15) is 0 Å². The molecular weight excluding hydrogens is 276 g/mol. The summed E-state index contributed by atoms with van der Waals surface area (Å²) in [5.41, 5.74) is 5.80. The second kappa shape index (κ2) is 5.44. The lowest BCUT2D eigenvalue weighted by atomic mass is 10.2. The lowest BCUT2D eigenvalue weighted by Gasteiger charge is -2.13. The largest absolute Gasteiger partial charge is 0.398 e. The van der Waals surface area contributed by atoms with Crippen molar-refractivity contribution in [3.63, 3.8) is 0 Å². The zero-order valence-electron chi connectivity index (χ0n) is 9.73. The Morgan fingerprint density at radius 2 is 2.28 bits per heavy atom. The van der Waals surface area contributed by atoms with E-state index in [-0.39, 0.29) is 28.3 Å². The maximum atomic E-state index is 12.1. The predicted molar refractivity (Wildman–Crippen MR) is 70.0 cm³/mol. The molecule has 0 saturated carbocycles. The molecule has 0 aliphatic carbocycles. The van der Waals surface area contributed by atoms with Crippen molar-refractivity contribution >= 4 is 27.3 Å². The van der Waals surface area contributed by atoms with E-state index in [1.54, 1.807) is 6.07 Å². The smallest absolute Gasteiger partial charge is 0.244 e. The Morgan fingerprint density at radius 1 is 1.50 bits per heavy atom. The number of hydrogen-bond donors (Lipinski definition) is 2. The normalized spacial score (nSPS) is 20.2. The number of rotatable bonds is 4. The summed E-state index contributed by atoms with van der Waals surface area (Å²) >= 11 is 5.88. The van der Waals surface area contributed by atoms with Gasteiger partial charge in [-0.05, 0) is 25.0 Å². The van der Waals surface area contributed by atoms with Gasteiger partial charge in [-0.3, -0.25) is 0 Å². The van der Waals surface area contributed by atoms with Crippen molar-refractivity contribution in [3.05, 3.63) is 23.2 Å². The monoisotopic (exact) mass is 290 g/mol. The van der Waals surface area contributed by atoms with E-state index in [1.807, 2.05) is 0 Å². The molecule has 1 fully saturated rings. The molecule has 1 aliphatic heterocycles. The van der Waals surface area contributed by atoms with Crippen LogP contribution in [0.4, 0.5) is 5.69 Å². The highest BCUT2D eigenvalue weighted by Gasteiger charge is 2.23. The highest BCUT2D eigenvalue weighted by atomic mass is 35.5. The summed E-state index contributed by atoms with van der Waals surface area (Å²) in [5, 5.41) is 0.120. The summed E-state index contributed by atoms with van der Waals surface area (Å²) in [7, 11) is -3.70. The number of sulfonamides is 1. The Balaban J connectivity index is 2.15. The number of hydrogen-bond acceptors (Lipinski definition) is 4. The topological polar surface area (TPSA) is 81.4 Å². The van der Waals surface area contributed by atoms with Crippen LogP contribution in [-0.2, 0) is 14.8 Å². The molecule has 18 heavy (non-hydrogen) atoms. The van der Waals surface area contributed by atoms with E-state index < -0.39 is 10.0 Å². The lowest BCUT2D eigenvalue weighted by molar-refractivity contribution is 0.114. The zero-order chi connectivity index (χ0) is 13.2. The summed E-state index contributed by atoms with van der Waals surface area (Å²) in [6.45, 7) is 0.924. The molecule has 0 spiro atoms. The predicted octanol–water partition coefficient (Wildman–Crippen LogP) is 1.38. The molecule has 7 heteroatoms. The van der Waals surface area contributed by atoms with E-state index >= 15 is 0 Å². The molecular formula is C11H15ClN2O3S. The molecule has 1 aliphatic rings. The van der Waals surface area contributed by atoms with Crippen LogP contribution in [-0.4, -0.2) is 27.7 Å². The van der Waals surface area contributed by atoms with Gasteiger partial charge in [0.2, 0.25) is 10.0 Å². The molecule has 0 radical (unpaired) electrons. The van der Waals surface area contributed by atoms with Gasteiger partial charge < -0.3 is 10.5 Å². The van der Waals surface area contributed by atoms with Crippen molar-refractivity contribution in [2.24, 2.45) is 0 Å². The van der Waals surface area contributed by atoms with Crippen LogP contribution in [0.15, 0.2) is 23.1 Å². The zero-order valence-corrected chi connectivity index (χ0v) is 11.3. The average Bonchev–Trinajstić information content (AvgIpc) is 2.78. The molecule has 1 aromatic rings. The highest BCUT2D eigenvalue weighted by molar-refractivity contribution is 7.89. The summed E-state index contributed by atoms with van der Waals surface area (Å²) in [6, 6.07) is 4.61. The van der Waals surface area contributed by atoms with Crippen molar-refractivity contribution in [1.82, 2.24) is 4.72 Å². The highest BCUT2D eigenvalue weighted by Crippen LogP contribution is 2.26. The molecule has 0 aromatic heterocycles. The van der Waals surface area contributed by atoms with E-state index in [9.17, 15) is 8.42 Å². The number of ether oxygens (including phenoxy) is 1. The molecule has 0 amide bonds. The Kier molecular flexibility index (Phi) is 4.11. The second-order valence-corrected chi connectivity index (χ2v) is 6.26. The summed E-state index contributed by atoms with van der Waals surface area (Å²) in [6.07, 6.45) is 1.75. The quantitative estimate of drug-likeness (QED) is 0.821. The second-order valence-electron chi connectivity index (χ2n) is 4.15. The van der Waals surface area contributed by atoms with Gasteiger partial charge in [-0.15, -0.1) is 0 Å². The SMILES string of the molecule is Nc1cccc(Cl)c1S(=O)(=O)NCC1CCCO1. The molecule has 3 N–H and O–H groups in total. The first-order valence-corrected chi connectivity index (χ1v) is 7.52. The Morgan fingerprint density at radius 3 is 2.89 bits per heavy atom. The van der Waals surface area contributed by atoms with Crippen LogP contribution < -0.4 is 10.5 Å². The van der Waals surface area contributed by atoms with Gasteiger partial charge in [-0.25, -0.2) is 13.1 Å². The number of nitrogen functional groups attached to an aromatic ring is 1. The number of benzene rings is 1. The molecule has 0 bridgehead atoms. The van der Waals surface area contributed by atoms with Crippen molar-refractivity contribution in [2.75, 3.05) is 18.9 Å². The maximum Gasteiger partial charge on any atom is 0.244 e. The third-order valence-corrected chi connectivity index (χ3v) is 4.76. The van der Waals surface area contributed by atoms with Crippen LogP contribution in [0.25, 0.3) is 0 Å². The van der Waals surface area contributed by atoms with Gasteiger partial charge in [0.1, 0.15) is 4.90 Å². The number of anilines is 1. The van der Waals surface area contributed by atoms with E-state index in [1.165, 1.54) is 12.1 Å². The third kappa shape index (κ3) is 2.95. The Hall–Kier alpha value is -0.820. The van der Waals surface area contributed by atoms with Crippen LogP contribution in [0.1, 0.15) is 12.8 Å². The van der Waals surface area contributed by atoms with Crippen molar-refractivity contribution in [1.29, 1.82) is 0 Å². The molecule has 5 nitrogen and oxygen atoms in total. The maximum absolute atomic E-state index is 12.1. The molecule has 2 rings (SSSR count). The minimum atomic E-state index is -3.70. The first-order valence-electron chi connectivity index (χ1n) is 5.66. The van der Waals surface area contributed by atoms with Crippen LogP contribution in [0.3, 0.4) is 0 Å². The third-order valence-electron chi connectivity index (χ3n) is 2.79. The molecule has 1 atom stereocenters. The molecule has 1 saturated heterocycles. The number of nitrogens with one attached hydrogen (secondary N) is 1. The van der Waals surface area contributed by atoms with Crippen molar-refractivity contribution < 1.29 is 13.2 Å². The fraction of sp³-hybridized carbons (Fsp3) is 0.455. The lowest BCUT2D eigenvalue weighted by Crippen LogP contribution is -2.32. The molecule has 100 valence electrons. The first-order chi connectivity index (χ1) is 8.50. The summed E-state index contributed by atoms with van der Waals surface area (Å²) in [5.74, 6) is 0. The average molecular weight is 291 g/mol. The van der Waals surface area contributed by atoms with Gasteiger partial charge in [0.25, 0.3) is 0 Å². The Labute approximate surface area is 111 Å². The van der Waals surface area contributed by atoms with Gasteiger partial charge in [0, 0.05) is 13.2 Å². The minimum Gasteiger partial charge on any atom is -0.398 e. The fourth-order valence-electron chi connectivity index (χ4n) is 1.89.